The molecule has 0 saturated heterocycles. The van der Waals surface area contributed by atoms with Crippen LogP contribution in [0.25, 0.3) is 0 Å². The van der Waals surface area contributed by atoms with Gasteiger partial charge in [-0.1, -0.05) is 45.2 Å². The summed E-state index contributed by atoms with van der Waals surface area (Å²) in [6.45, 7) is -39.1. The molecule has 0 aliphatic carbocycles. The van der Waals surface area contributed by atoms with Gasteiger partial charge in [-0.2, -0.15) is 0 Å². The number of nitrogens with one attached hydrogen (secondary N) is 1. The molecule has 0 aliphatic heterocycles. The zero-order valence-corrected chi connectivity index (χ0v) is 10.2. The Labute approximate surface area is 172 Å². The molecule has 0 aromatic heterocycles. The average molecular weight is 331 g/mol. The first kappa shape index (κ1) is 3.27. The number of carbonyl (C=O) groups excluding carboxylic acids is 1. The Kier molecular flexibility index (Phi) is 5.66. The molecule has 0 saturated carbocycles. The van der Waals surface area contributed by atoms with Crippen LogP contribution in [0.4, 0.5) is 0 Å². The summed E-state index contributed by atoms with van der Waals surface area (Å²) in [4.78, 5) is 8.05. The van der Waals surface area contributed by atoms with E-state index >= 15 is 0 Å². The van der Waals surface area contributed by atoms with Crippen LogP contribution in [0.1, 0.15) is 67.2 Å². The molecule has 0 bridgehead atoms. The topological polar surface area (TPSA) is 72.8 Å². The fourth-order valence-corrected chi connectivity index (χ4v) is 0.224. The summed E-state index contributed by atoms with van der Waals surface area (Å²) in [6, 6.07) is 0. The maximum Gasteiger partial charge on any atom is 0.124 e. The zero-order valence-electron chi connectivity index (χ0n) is 40.2. The minimum atomic E-state index is -3.83. The van der Waals surface area contributed by atoms with Crippen molar-refractivity contribution in [3.05, 3.63) is 0 Å². The first-order valence-electron chi connectivity index (χ1n) is 19.0. The van der Waals surface area contributed by atoms with Gasteiger partial charge in [-0.25, -0.2) is 0 Å². The van der Waals surface area contributed by atoms with Gasteiger partial charge >= 0.3 is 0 Å². The van der Waals surface area contributed by atoms with Crippen LogP contribution in [0.15, 0.2) is 0 Å². The van der Waals surface area contributed by atoms with E-state index in [0.717, 1.165) is 0 Å². The second-order valence-electron chi connectivity index (χ2n) is 1.60. The highest BCUT2D eigenvalue weighted by Crippen LogP contribution is 1.82. The largest absolute Gasteiger partial charge is 0.384 e. The van der Waals surface area contributed by atoms with Crippen LogP contribution in [0.2, 0.25) is 1.41 Å². The standard InChI is InChI=1S/C8H15NO.C4H11N.C3H4O.CH2O/c1-3-9(4-2)7-5-6-8-10;1-3-5-4-2;1-2-3-4;1-2/h10H,3-4,7-8H2,1-2H3;5H,3-4H2,1-2H3;1,4H,3H2;1H2/i1D3,2D3,3D2,4D2,7D2,8D2;1D3,2D3,3D2,4D2;1D,3D2;1D2/hD. The third-order valence-corrected chi connectivity index (χ3v) is 0.677. The lowest BCUT2D eigenvalue weighted by molar-refractivity contribution is -0.0979. The lowest BCUT2D eigenvalue weighted by Gasteiger charge is -2.12. The summed E-state index contributed by atoms with van der Waals surface area (Å²) in [7, 11) is 0. The number of carbonyl (C=O) groups is 1. The van der Waals surface area contributed by atoms with Gasteiger partial charge in [0.15, 0.2) is 0 Å². The van der Waals surface area contributed by atoms with Gasteiger partial charge in [0, 0.05) is 27.4 Å². The Morgan fingerprint density at radius 1 is 1.33 bits per heavy atom. The summed E-state index contributed by atoms with van der Waals surface area (Å²) >= 11 is 0. The highest BCUT2D eigenvalue weighted by atomic mass is 16.3. The summed E-state index contributed by atoms with van der Waals surface area (Å²) in [5, 5.41) is 16.2. The molecular formula is C16H32N2O3. The SMILES string of the molecule is [2H]C#CC([2H])([2H])O.[2H]C([2H])(O)C#CC([2H])([2H])N(C([2H])([2H])C([2H])([2H])[2H])C([2H])([2H])C([2H])([2H])[2H].[2H]C([2H])=O.[2H]N(C([2H])([2H])C([2H])([2H])[2H])C([2H])([2H])C([2H])([2H])[2H]. The number of nitrogens with zero attached hydrogens (tertiary/aromatic N) is 1. The van der Waals surface area contributed by atoms with Crippen LogP contribution < -0.4 is 5.31 Å². The molecule has 124 valence electrons. The normalized spacial score (nSPS) is 35.4. The van der Waals surface area contributed by atoms with Crippen LogP contribution in [0.5, 0.6) is 0 Å². The third kappa shape index (κ3) is 45.6. The monoisotopic (exact) mass is 330 g/mol. The third-order valence-electron chi connectivity index (χ3n) is 0.677. The van der Waals surface area contributed by atoms with Gasteiger partial charge in [0.2, 0.25) is 0 Å². The van der Waals surface area contributed by atoms with E-state index in [1.807, 2.05) is 0 Å². The lowest BCUT2D eigenvalue weighted by Crippen LogP contribution is -2.22. The van der Waals surface area contributed by atoms with E-state index in [2.05, 4.69) is 0 Å². The van der Waals surface area contributed by atoms with E-state index in [1.165, 1.54) is 18.2 Å². The van der Waals surface area contributed by atoms with Crippen molar-refractivity contribution in [1.29, 1.82) is 0 Å². The molecular weight excluding hydrogens is 268 g/mol. The molecule has 3 N–H and O–H groups in total. The molecule has 0 rings (SSSR count). The Hall–Kier alpha value is -1.37. The van der Waals surface area contributed by atoms with Crippen LogP contribution in [-0.2, 0) is 4.79 Å². The molecule has 0 spiro atoms. The summed E-state index contributed by atoms with van der Waals surface area (Å²) in [5.74, 6) is 4.26. The Morgan fingerprint density at radius 2 is 1.95 bits per heavy atom. The first-order chi connectivity index (χ1) is 21.5. The smallest absolute Gasteiger partial charge is 0.124 e. The molecule has 21 heavy (non-hydrogen) atoms. The summed E-state index contributed by atoms with van der Waals surface area (Å²) in [5.41, 5.74) is 0. The number of hydrogen-bond donors (Lipinski definition) is 3. The van der Waals surface area contributed by atoms with Gasteiger partial charge in [-0.05, 0) is 26.0 Å². The van der Waals surface area contributed by atoms with Gasteiger partial charge in [0.25, 0.3) is 0 Å². The molecule has 5 heteroatoms. The molecule has 0 amide bonds. The highest BCUT2D eigenvalue weighted by molar-refractivity contribution is 5.11. The van der Waals surface area contributed by atoms with Gasteiger partial charge in [0.1, 0.15) is 25.4 Å². The van der Waals surface area contributed by atoms with E-state index in [1.54, 1.807) is 5.92 Å². The van der Waals surface area contributed by atoms with Gasteiger partial charge in [-0.3, -0.25) is 4.90 Å². The zero-order chi connectivity index (χ0) is 43.1. The maximum atomic E-state index is 8.85. The van der Waals surface area contributed by atoms with Crippen molar-refractivity contribution in [2.24, 2.45) is 0 Å². The van der Waals surface area contributed by atoms with E-state index < -0.39 is 90.0 Å². The van der Waals surface area contributed by atoms with Crippen LogP contribution in [0, 0.1) is 24.2 Å². The Bertz CT molecular complexity index is 1170. The van der Waals surface area contributed by atoms with E-state index in [4.69, 9.17) is 56.2 Å². The van der Waals surface area contributed by atoms with Crippen molar-refractivity contribution in [2.45, 2.75) is 27.4 Å². The van der Waals surface area contributed by atoms with E-state index in [9.17, 15) is 0 Å². The fraction of sp³-hybridized carbons (Fsp3) is 0.688. The molecule has 0 radical (unpaired) electrons. The molecule has 0 fully saturated rings. The van der Waals surface area contributed by atoms with Crippen LogP contribution in [0.3, 0.4) is 0 Å². The maximum absolute atomic E-state index is 8.85. The second kappa shape index (κ2) is 36.3. The Balaban J connectivity index is -0.000000348. The molecule has 0 heterocycles. The molecule has 0 aliphatic rings. The van der Waals surface area contributed by atoms with Gasteiger partial charge in [-0.15, -0.1) is 6.40 Å². The van der Waals surface area contributed by atoms with Crippen molar-refractivity contribution in [1.82, 2.24) is 10.2 Å². The molecule has 0 unspecified atom stereocenters. The number of aliphatic hydroxyl groups is 2. The minimum Gasteiger partial charge on any atom is -0.384 e. The molecule has 0 aromatic rings. The van der Waals surface area contributed by atoms with Gasteiger partial charge < -0.3 is 20.3 Å². The van der Waals surface area contributed by atoms with Crippen molar-refractivity contribution in [3.63, 3.8) is 0 Å². The van der Waals surface area contributed by atoms with Crippen molar-refractivity contribution < 1.29 is 56.2 Å². The number of terminal acetylenes is 1. The van der Waals surface area contributed by atoms with Gasteiger partial charge in [0.05, 0.1) is 14.7 Å². The minimum absolute atomic E-state index is 0.667. The predicted octanol–water partition coefficient (Wildman–Crippen LogP) is 0.367. The van der Waals surface area contributed by atoms with Crippen molar-refractivity contribution in [3.8, 4) is 24.2 Å². The van der Waals surface area contributed by atoms with Crippen LogP contribution in [-0.4, -0.2) is 67.5 Å². The first-order valence-corrected chi connectivity index (χ1v) is 4.02. The van der Waals surface area contributed by atoms with Crippen molar-refractivity contribution in [2.75, 3.05) is 45.6 Å². The number of rotatable bonds is 5. The second-order valence-corrected chi connectivity index (χ2v) is 1.60. The van der Waals surface area contributed by atoms with Crippen LogP contribution >= 0.6 is 0 Å². The number of hydrogen-bond acceptors (Lipinski definition) is 5. The summed E-state index contributed by atoms with van der Waals surface area (Å²) < 4.78 is 207. The summed E-state index contributed by atoms with van der Waals surface area (Å²) in [6.07, 6.45) is 1.48. The molecule has 5 nitrogen and oxygen atoms in total. The highest BCUT2D eigenvalue weighted by Gasteiger charge is 1.92. The fourth-order valence-electron chi connectivity index (χ4n) is 0.224. The van der Waals surface area contributed by atoms with E-state index in [-0.39, 0.29) is 0 Å². The predicted molar refractivity (Wildman–Crippen MR) is 89.9 cm³/mol. The quantitative estimate of drug-likeness (QED) is 0.635. The molecule has 0 atom stereocenters. The van der Waals surface area contributed by atoms with E-state index in [0.29, 0.717) is 0 Å². The Morgan fingerprint density at radius 3 is 2.29 bits per heavy atom. The van der Waals surface area contributed by atoms with Crippen molar-refractivity contribution >= 4 is 6.74 Å². The lowest BCUT2D eigenvalue weighted by atomic mass is 10.4. The molecule has 0 aromatic carbocycles. The average Bonchev–Trinajstić information content (AvgIpc) is 2.78.